The van der Waals surface area contributed by atoms with Gasteiger partial charge in [0.25, 0.3) is 5.91 Å². The third-order valence-electron chi connectivity index (χ3n) is 2.39. The molecule has 1 heterocycles. The largest absolute Gasteiger partial charge is 0.349 e. The first-order valence-electron chi connectivity index (χ1n) is 5.37. The number of amides is 1. The summed E-state index contributed by atoms with van der Waals surface area (Å²) in [5.74, 6) is -0.184. The third kappa shape index (κ3) is 3.51. The van der Waals surface area contributed by atoms with E-state index in [4.69, 9.17) is 5.73 Å². The van der Waals surface area contributed by atoms with Crippen molar-refractivity contribution in [3.63, 3.8) is 0 Å². The zero-order valence-electron chi connectivity index (χ0n) is 9.32. The Morgan fingerprint density at radius 3 is 2.81 bits per heavy atom. The van der Waals surface area contributed by atoms with Crippen molar-refractivity contribution in [2.75, 3.05) is 6.54 Å². The predicted octanol–water partition coefficient (Wildman–Crippen LogP) is 0.232. The molecule has 1 aromatic heterocycles. The first-order chi connectivity index (χ1) is 7.67. The zero-order valence-corrected chi connectivity index (χ0v) is 9.32. The molecule has 0 fully saturated rings. The van der Waals surface area contributed by atoms with Gasteiger partial charge in [-0.3, -0.25) is 9.59 Å². The second-order valence-corrected chi connectivity index (χ2v) is 3.60. The van der Waals surface area contributed by atoms with E-state index in [1.54, 1.807) is 0 Å². The number of rotatable bonds is 5. The molecule has 0 aliphatic heterocycles. The summed E-state index contributed by atoms with van der Waals surface area (Å²) < 4.78 is 0. The van der Waals surface area contributed by atoms with Crippen LogP contribution in [-0.2, 0) is 0 Å². The lowest BCUT2D eigenvalue weighted by Gasteiger charge is -2.15. The standard InChI is InChI=1S/C11H17N3O2/c1-2-9(5-6-12)14-11(16)8-3-4-10(15)13-7-8/h3-4,7,9H,2,5-6,12H2,1H3,(H,13,15)(H,14,16). The summed E-state index contributed by atoms with van der Waals surface area (Å²) in [4.78, 5) is 25.0. The van der Waals surface area contributed by atoms with E-state index in [-0.39, 0.29) is 17.5 Å². The highest BCUT2D eigenvalue weighted by molar-refractivity contribution is 5.93. The molecule has 1 unspecified atom stereocenters. The molecule has 5 nitrogen and oxygen atoms in total. The second kappa shape index (κ2) is 6.07. The Labute approximate surface area is 94.1 Å². The van der Waals surface area contributed by atoms with Crippen LogP contribution in [0.25, 0.3) is 0 Å². The van der Waals surface area contributed by atoms with Crippen molar-refractivity contribution in [1.29, 1.82) is 0 Å². The average Bonchev–Trinajstić information content (AvgIpc) is 2.29. The van der Waals surface area contributed by atoms with Crippen molar-refractivity contribution in [2.24, 2.45) is 5.73 Å². The Morgan fingerprint density at radius 1 is 1.56 bits per heavy atom. The zero-order chi connectivity index (χ0) is 12.0. The summed E-state index contributed by atoms with van der Waals surface area (Å²) in [6.07, 6.45) is 3.00. The van der Waals surface area contributed by atoms with E-state index in [1.807, 2.05) is 6.92 Å². The highest BCUT2D eigenvalue weighted by Gasteiger charge is 2.11. The molecule has 0 spiro atoms. The molecule has 5 heteroatoms. The molecule has 1 aromatic rings. The number of aromatic amines is 1. The molecule has 0 aromatic carbocycles. The molecule has 0 aliphatic rings. The van der Waals surface area contributed by atoms with Gasteiger partial charge in [0, 0.05) is 18.3 Å². The number of aromatic nitrogens is 1. The Morgan fingerprint density at radius 2 is 2.31 bits per heavy atom. The monoisotopic (exact) mass is 223 g/mol. The van der Waals surface area contributed by atoms with Crippen molar-refractivity contribution in [3.8, 4) is 0 Å². The van der Waals surface area contributed by atoms with E-state index < -0.39 is 0 Å². The fourth-order valence-corrected chi connectivity index (χ4v) is 1.40. The lowest BCUT2D eigenvalue weighted by molar-refractivity contribution is 0.0934. The molecule has 0 radical (unpaired) electrons. The van der Waals surface area contributed by atoms with Gasteiger partial charge in [-0.25, -0.2) is 0 Å². The van der Waals surface area contributed by atoms with Gasteiger partial charge in [0.05, 0.1) is 5.56 Å². The minimum Gasteiger partial charge on any atom is -0.349 e. The number of nitrogens with one attached hydrogen (secondary N) is 2. The SMILES string of the molecule is CCC(CCN)NC(=O)c1ccc(=O)[nH]c1. The number of pyridine rings is 1. The highest BCUT2D eigenvalue weighted by atomic mass is 16.2. The summed E-state index contributed by atoms with van der Waals surface area (Å²) in [6.45, 7) is 2.54. The van der Waals surface area contributed by atoms with Crippen molar-refractivity contribution in [1.82, 2.24) is 10.3 Å². The fraction of sp³-hybridized carbons (Fsp3) is 0.455. The van der Waals surface area contributed by atoms with Gasteiger partial charge in [0.15, 0.2) is 0 Å². The maximum atomic E-state index is 11.7. The van der Waals surface area contributed by atoms with Crippen LogP contribution in [0.4, 0.5) is 0 Å². The van der Waals surface area contributed by atoms with Crippen LogP contribution in [0.15, 0.2) is 23.1 Å². The van der Waals surface area contributed by atoms with Crippen molar-refractivity contribution in [3.05, 3.63) is 34.2 Å². The summed E-state index contributed by atoms with van der Waals surface area (Å²) in [5.41, 5.74) is 5.68. The number of H-pyrrole nitrogens is 1. The van der Waals surface area contributed by atoms with E-state index in [0.717, 1.165) is 12.8 Å². The van der Waals surface area contributed by atoms with Gasteiger partial charge in [0.1, 0.15) is 0 Å². The van der Waals surface area contributed by atoms with E-state index in [2.05, 4.69) is 10.3 Å². The van der Waals surface area contributed by atoms with Crippen LogP contribution in [0.3, 0.4) is 0 Å². The van der Waals surface area contributed by atoms with Crippen molar-refractivity contribution >= 4 is 5.91 Å². The smallest absolute Gasteiger partial charge is 0.252 e. The van der Waals surface area contributed by atoms with Crippen LogP contribution in [0.1, 0.15) is 30.1 Å². The first kappa shape index (κ1) is 12.4. The number of hydrogen-bond donors (Lipinski definition) is 3. The Kier molecular flexibility index (Phi) is 4.72. The van der Waals surface area contributed by atoms with Crippen molar-refractivity contribution in [2.45, 2.75) is 25.8 Å². The van der Waals surface area contributed by atoms with E-state index in [1.165, 1.54) is 18.3 Å². The molecule has 1 atom stereocenters. The Balaban J connectivity index is 2.64. The molecule has 4 N–H and O–H groups in total. The normalized spacial score (nSPS) is 12.1. The molecule has 16 heavy (non-hydrogen) atoms. The van der Waals surface area contributed by atoms with Gasteiger partial charge in [0.2, 0.25) is 5.56 Å². The summed E-state index contributed by atoms with van der Waals surface area (Å²) >= 11 is 0. The Bertz CT molecular complexity index is 380. The third-order valence-corrected chi connectivity index (χ3v) is 2.39. The number of hydrogen-bond acceptors (Lipinski definition) is 3. The Hall–Kier alpha value is -1.62. The lowest BCUT2D eigenvalue weighted by atomic mass is 10.1. The van der Waals surface area contributed by atoms with E-state index in [0.29, 0.717) is 12.1 Å². The molecular weight excluding hydrogens is 206 g/mol. The second-order valence-electron chi connectivity index (χ2n) is 3.60. The quantitative estimate of drug-likeness (QED) is 0.667. The van der Waals surface area contributed by atoms with Gasteiger partial charge in [-0.2, -0.15) is 0 Å². The van der Waals surface area contributed by atoms with Crippen LogP contribution in [0.5, 0.6) is 0 Å². The maximum absolute atomic E-state index is 11.7. The maximum Gasteiger partial charge on any atom is 0.252 e. The summed E-state index contributed by atoms with van der Waals surface area (Å²) in [7, 11) is 0. The summed E-state index contributed by atoms with van der Waals surface area (Å²) in [6, 6.07) is 2.92. The molecule has 88 valence electrons. The predicted molar refractivity (Wildman–Crippen MR) is 62.3 cm³/mol. The van der Waals surface area contributed by atoms with Crippen LogP contribution < -0.4 is 16.6 Å². The van der Waals surface area contributed by atoms with E-state index in [9.17, 15) is 9.59 Å². The van der Waals surface area contributed by atoms with Gasteiger partial charge in [-0.15, -0.1) is 0 Å². The molecular formula is C11H17N3O2. The highest BCUT2D eigenvalue weighted by Crippen LogP contribution is 1.99. The van der Waals surface area contributed by atoms with Gasteiger partial charge >= 0.3 is 0 Å². The van der Waals surface area contributed by atoms with Crippen LogP contribution >= 0.6 is 0 Å². The van der Waals surface area contributed by atoms with Crippen LogP contribution in [-0.4, -0.2) is 23.5 Å². The van der Waals surface area contributed by atoms with Crippen molar-refractivity contribution < 1.29 is 4.79 Å². The molecule has 1 rings (SSSR count). The minimum absolute atomic E-state index is 0.0874. The first-order valence-corrected chi connectivity index (χ1v) is 5.37. The number of nitrogens with two attached hydrogens (primary N) is 1. The van der Waals surface area contributed by atoms with Gasteiger partial charge in [-0.1, -0.05) is 6.92 Å². The fourth-order valence-electron chi connectivity index (χ4n) is 1.40. The molecule has 0 saturated carbocycles. The molecule has 0 saturated heterocycles. The average molecular weight is 223 g/mol. The topological polar surface area (TPSA) is 88.0 Å². The van der Waals surface area contributed by atoms with E-state index >= 15 is 0 Å². The molecule has 0 bridgehead atoms. The summed E-state index contributed by atoms with van der Waals surface area (Å²) in [5, 5.41) is 2.86. The molecule has 0 aliphatic carbocycles. The number of carbonyl (C=O) groups is 1. The molecule has 1 amide bonds. The van der Waals surface area contributed by atoms with Gasteiger partial charge < -0.3 is 16.0 Å². The van der Waals surface area contributed by atoms with Gasteiger partial charge in [-0.05, 0) is 25.5 Å². The van der Waals surface area contributed by atoms with Crippen LogP contribution in [0.2, 0.25) is 0 Å². The van der Waals surface area contributed by atoms with Crippen LogP contribution in [0, 0.1) is 0 Å². The lowest BCUT2D eigenvalue weighted by Crippen LogP contribution is -2.36. The minimum atomic E-state index is -0.217. The number of carbonyl (C=O) groups excluding carboxylic acids is 1.